The summed E-state index contributed by atoms with van der Waals surface area (Å²) >= 11 is 5.85. The van der Waals surface area contributed by atoms with Gasteiger partial charge in [-0.25, -0.2) is 4.98 Å². The van der Waals surface area contributed by atoms with E-state index in [1.807, 2.05) is 12.1 Å². The van der Waals surface area contributed by atoms with Crippen LogP contribution in [-0.4, -0.2) is 19.2 Å². The molecule has 5 nitrogen and oxygen atoms in total. The molecular weight excluding hydrogens is 266 g/mol. The van der Waals surface area contributed by atoms with Crippen molar-refractivity contribution in [2.75, 3.05) is 25.3 Å². The van der Waals surface area contributed by atoms with E-state index < -0.39 is 0 Å². The van der Waals surface area contributed by atoms with Crippen molar-refractivity contribution in [1.29, 1.82) is 0 Å². The lowest BCUT2D eigenvalue weighted by Crippen LogP contribution is -1.97. The monoisotopic (exact) mass is 279 g/mol. The standard InChI is InChI=1S/C13H14ClN3O2/c1-18-10-5-9(6-11(7-10)19-2)16-13-4-8(15)3-12(14)17-13/h3-7H,1-2H3,(H3,15,16,17). The molecule has 1 aromatic heterocycles. The van der Waals surface area contributed by atoms with Gasteiger partial charge in [0.05, 0.1) is 14.2 Å². The third kappa shape index (κ3) is 3.42. The first kappa shape index (κ1) is 13.3. The van der Waals surface area contributed by atoms with Gasteiger partial charge in [-0.2, -0.15) is 0 Å². The quantitative estimate of drug-likeness (QED) is 0.842. The Bertz CT molecular complexity index is 548. The Balaban J connectivity index is 2.31. The number of benzene rings is 1. The first-order chi connectivity index (χ1) is 9.10. The molecule has 0 radical (unpaired) electrons. The van der Waals surface area contributed by atoms with Gasteiger partial charge in [-0.15, -0.1) is 0 Å². The van der Waals surface area contributed by atoms with Crippen molar-refractivity contribution in [2.24, 2.45) is 0 Å². The van der Waals surface area contributed by atoms with Gasteiger partial charge in [-0.05, 0) is 6.07 Å². The fourth-order valence-corrected chi connectivity index (χ4v) is 1.83. The van der Waals surface area contributed by atoms with E-state index in [9.17, 15) is 0 Å². The molecule has 0 saturated carbocycles. The largest absolute Gasteiger partial charge is 0.497 e. The van der Waals surface area contributed by atoms with Crippen molar-refractivity contribution in [3.8, 4) is 11.5 Å². The van der Waals surface area contributed by atoms with E-state index in [1.54, 1.807) is 32.4 Å². The van der Waals surface area contributed by atoms with Crippen LogP contribution < -0.4 is 20.5 Å². The van der Waals surface area contributed by atoms with Gasteiger partial charge < -0.3 is 20.5 Å². The minimum absolute atomic E-state index is 0.331. The second-order valence-corrected chi connectivity index (χ2v) is 4.22. The molecule has 3 N–H and O–H groups in total. The highest BCUT2D eigenvalue weighted by molar-refractivity contribution is 6.29. The van der Waals surface area contributed by atoms with Crippen LogP contribution in [0.15, 0.2) is 30.3 Å². The predicted molar refractivity (Wildman–Crippen MR) is 76.5 cm³/mol. The van der Waals surface area contributed by atoms with Crippen LogP contribution >= 0.6 is 11.6 Å². The molecule has 1 aromatic carbocycles. The van der Waals surface area contributed by atoms with Crippen LogP contribution in [0.25, 0.3) is 0 Å². The van der Waals surface area contributed by atoms with E-state index in [1.165, 1.54) is 0 Å². The average Bonchev–Trinajstić information content (AvgIpc) is 2.37. The fourth-order valence-electron chi connectivity index (χ4n) is 1.61. The molecule has 100 valence electrons. The Hall–Kier alpha value is -2.14. The van der Waals surface area contributed by atoms with Crippen molar-refractivity contribution < 1.29 is 9.47 Å². The minimum Gasteiger partial charge on any atom is -0.497 e. The Morgan fingerprint density at radius 2 is 1.68 bits per heavy atom. The second kappa shape index (κ2) is 5.67. The van der Waals surface area contributed by atoms with Crippen LogP contribution in [0.1, 0.15) is 0 Å². The maximum absolute atomic E-state index is 5.85. The van der Waals surface area contributed by atoms with E-state index >= 15 is 0 Å². The molecule has 1 heterocycles. The normalized spacial score (nSPS) is 10.1. The molecule has 0 saturated heterocycles. The van der Waals surface area contributed by atoms with Crippen LogP contribution in [0, 0.1) is 0 Å². The minimum atomic E-state index is 0.331. The van der Waals surface area contributed by atoms with Gasteiger partial charge in [0.2, 0.25) is 0 Å². The lowest BCUT2D eigenvalue weighted by Gasteiger charge is -2.10. The number of ether oxygens (including phenoxy) is 2. The highest BCUT2D eigenvalue weighted by Gasteiger charge is 2.04. The molecule has 0 aliphatic carbocycles. The van der Waals surface area contributed by atoms with Crippen LogP contribution in [0.2, 0.25) is 5.15 Å². The molecule has 2 rings (SSSR count). The molecule has 2 aromatic rings. The maximum Gasteiger partial charge on any atom is 0.134 e. The van der Waals surface area contributed by atoms with Gasteiger partial charge in [-0.1, -0.05) is 11.6 Å². The molecule has 0 fully saturated rings. The van der Waals surface area contributed by atoms with E-state index in [-0.39, 0.29) is 0 Å². The number of halogens is 1. The molecule has 0 aliphatic heterocycles. The van der Waals surface area contributed by atoms with E-state index in [0.717, 1.165) is 5.69 Å². The smallest absolute Gasteiger partial charge is 0.134 e. The second-order valence-electron chi connectivity index (χ2n) is 3.83. The van der Waals surface area contributed by atoms with Crippen molar-refractivity contribution in [3.05, 3.63) is 35.5 Å². The summed E-state index contributed by atoms with van der Waals surface area (Å²) in [6.45, 7) is 0. The van der Waals surface area contributed by atoms with Gasteiger partial charge in [0.25, 0.3) is 0 Å². The Labute approximate surface area is 116 Å². The molecule has 19 heavy (non-hydrogen) atoms. The van der Waals surface area contributed by atoms with Crippen molar-refractivity contribution in [2.45, 2.75) is 0 Å². The third-order valence-corrected chi connectivity index (χ3v) is 2.63. The molecule has 0 amide bonds. The lowest BCUT2D eigenvalue weighted by atomic mass is 10.2. The first-order valence-electron chi connectivity index (χ1n) is 5.54. The van der Waals surface area contributed by atoms with Crippen molar-refractivity contribution >= 4 is 28.8 Å². The Kier molecular flexibility index (Phi) is 3.97. The number of hydrogen-bond acceptors (Lipinski definition) is 5. The van der Waals surface area contributed by atoms with Crippen molar-refractivity contribution in [3.63, 3.8) is 0 Å². The summed E-state index contributed by atoms with van der Waals surface area (Å²) in [5.41, 5.74) is 7.02. The summed E-state index contributed by atoms with van der Waals surface area (Å²) in [4.78, 5) is 4.13. The molecule has 6 heteroatoms. The summed E-state index contributed by atoms with van der Waals surface area (Å²) in [5, 5.41) is 3.43. The van der Waals surface area contributed by atoms with Gasteiger partial charge in [0.15, 0.2) is 0 Å². The van der Waals surface area contributed by atoms with E-state index in [2.05, 4.69) is 10.3 Å². The number of hydrogen-bond donors (Lipinski definition) is 2. The lowest BCUT2D eigenvalue weighted by molar-refractivity contribution is 0.395. The highest BCUT2D eigenvalue weighted by atomic mass is 35.5. The molecule has 0 spiro atoms. The summed E-state index contributed by atoms with van der Waals surface area (Å²) in [7, 11) is 3.18. The molecule has 0 unspecified atom stereocenters. The van der Waals surface area contributed by atoms with E-state index in [0.29, 0.717) is 28.2 Å². The van der Waals surface area contributed by atoms with E-state index in [4.69, 9.17) is 26.8 Å². The van der Waals surface area contributed by atoms with Crippen LogP contribution in [0.4, 0.5) is 17.2 Å². The zero-order valence-corrected chi connectivity index (χ0v) is 11.4. The van der Waals surface area contributed by atoms with Gasteiger partial charge >= 0.3 is 0 Å². The fraction of sp³-hybridized carbons (Fsp3) is 0.154. The SMILES string of the molecule is COc1cc(Nc2cc(N)cc(Cl)n2)cc(OC)c1. The van der Waals surface area contributed by atoms with Crippen molar-refractivity contribution in [1.82, 2.24) is 4.98 Å². The molecule has 0 aliphatic rings. The Morgan fingerprint density at radius 1 is 1.05 bits per heavy atom. The van der Waals surface area contributed by atoms with Crippen LogP contribution in [-0.2, 0) is 0 Å². The van der Waals surface area contributed by atoms with Gasteiger partial charge in [0, 0.05) is 35.6 Å². The Morgan fingerprint density at radius 3 is 2.21 bits per heavy atom. The summed E-state index contributed by atoms with van der Waals surface area (Å²) in [5.74, 6) is 1.91. The molecular formula is C13H14ClN3O2. The number of pyridine rings is 1. The topological polar surface area (TPSA) is 69.4 Å². The summed E-state index contributed by atoms with van der Waals surface area (Å²) in [6, 6.07) is 8.70. The van der Waals surface area contributed by atoms with Crippen LogP contribution in [0.3, 0.4) is 0 Å². The number of nitrogens with two attached hydrogens (primary N) is 1. The first-order valence-corrected chi connectivity index (χ1v) is 5.91. The highest BCUT2D eigenvalue weighted by Crippen LogP contribution is 2.28. The zero-order chi connectivity index (χ0) is 13.8. The number of nitrogens with zero attached hydrogens (tertiary/aromatic N) is 1. The number of nitrogens with one attached hydrogen (secondary N) is 1. The van der Waals surface area contributed by atoms with Gasteiger partial charge in [-0.3, -0.25) is 0 Å². The number of anilines is 3. The summed E-state index contributed by atoms with van der Waals surface area (Å²) < 4.78 is 10.4. The average molecular weight is 280 g/mol. The number of methoxy groups -OCH3 is 2. The zero-order valence-electron chi connectivity index (χ0n) is 10.6. The number of aromatic nitrogens is 1. The third-order valence-electron chi connectivity index (χ3n) is 2.44. The predicted octanol–water partition coefficient (Wildman–Crippen LogP) is 3.08. The maximum atomic E-state index is 5.85. The summed E-state index contributed by atoms with van der Waals surface area (Å²) in [6.07, 6.45) is 0. The number of nitrogen functional groups attached to an aromatic ring is 1. The molecule has 0 bridgehead atoms. The number of rotatable bonds is 4. The van der Waals surface area contributed by atoms with Gasteiger partial charge in [0.1, 0.15) is 22.5 Å². The molecule has 0 atom stereocenters. The van der Waals surface area contributed by atoms with Crippen LogP contribution in [0.5, 0.6) is 11.5 Å².